The second-order valence-corrected chi connectivity index (χ2v) is 5.38. The van der Waals surface area contributed by atoms with Crippen LogP contribution in [0.25, 0.3) is 0 Å². The van der Waals surface area contributed by atoms with Crippen molar-refractivity contribution in [1.29, 1.82) is 0 Å². The maximum Gasteiger partial charge on any atom is 0.251 e. The number of anilines is 1. The molecule has 0 aliphatic heterocycles. The molecular formula is C15H13BrN2O3. The SMILES string of the molecule is CC(=O)c1ccccc1NC(=O)Cn1cc(Br)ccc1=O. The van der Waals surface area contributed by atoms with Gasteiger partial charge in [-0.3, -0.25) is 14.4 Å². The Kier molecular flexibility index (Phi) is 4.70. The Balaban J connectivity index is 2.18. The fourth-order valence-corrected chi connectivity index (χ4v) is 2.25. The maximum atomic E-state index is 12.0. The molecule has 108 valence electrons. The molecule has 0 bridgehead atoms. The van der Waals surface area contributed by atoms with E-state index in [2.05, 4.69) is 21.2 Å². The van der Waals surface area contributed by atoms with E-state index in [1.807, 2.05) is 0 Å². The number of para-hydroxylation sites is 1. The Labute approximate surface area is 129 Å². The molecule has 0 saturated carbocycles. The summed E-state index contributed by atoms with van der Waals surface area (Å²) in [6, 6.07) is 9.74. The van der Waals surface area contributed by atoms with Gasteiger partial charge in [-0.1, -0.05) is 12.1 Å². The third-order valence-corrected chi connectivity index (χ3v) is 3.31. The van der Waals surface area contributed by atoms with Crippen molar-refractivity contribution in [3.63, 3.8) is 0 Å². The molecule has 2 rings (SSSR count). The zero-order valence-electron chi connectivity index (χ0n) is 11.3. The molecule has 0 spiro atoms. The number of nitrogens with zero attached hydrogens (tertiary/aromatic N) is 1. The summed E-state index contributed by atoms with van der Waals surface area (Å²) in [4.78, 5) is 35.2. The van der Waals surface area contributed by atoms with Crippen molar-refractivity contribution in [3.8, 4) is 0 Å². The highest BCUT2D eigenvalue weighted by molar-refractivity contribution is 9.10. The van der Waals surface area contributed by atoms with Crippen LogP contribution in [0, 0.1) is 0 Å². The van der Waals surface area contributed by atoms with Gasteiger partial charge in [0.2, 0.25) is 5.91 Å². The van der Waals surface area contributed by atoms with E-state index in [9.17, 15) is 14.4 Å². The first-order chi connectivity index (χ1) is 9.97. The van der Waals surface area contributed by atoms with Gasteiger partial charge in [-0.25, -0.2) is 0 Å². The first-order valence-corrected chi connectivity index (χ1v) is 7.02. The number of rotatable bonds is 4. The molecule has 21 heavy (non-hydrogen) atoms. The van der Waals surface area contributed by atoms with E-state index in [1.165, 1.54) is 17.6 Å². The predicted octanol–water partition coefficient (Wildman–Crippen LogP) is 2.45. The van der Waals surface area contributed by atoms with Crippen molar-refractivity contribution in [1.82, 2.24) is 4.57 Å². The van der Waals surface area contributed by atoms with Gasteiger partial charge in [0, 0.05) is 22.3 Å². The van der Waals surface area contributed by atoms with Gasteiger partial charge in [0.15, 0.2) is 5.78 Å². The molecule has 0 unspecified atom stereocenters. The third-order valence-electron chi connectivity index (χ3n) is 2.84. The normalized spacial score (nSPS) is 10.2. The molecule has 0 fully saturated rings. The lowest BCUT2D eigenvalue weighted by molar-refractivity contribution is -0.116. The van der Waals surface area contributed by atoms with E-state index in [4.69, 9.17) is 0 Å². The van der Waals surface area contributed by atoms with Crippen LogP contribution in [-0.2, 0) is 11.3 Å². The number of hydrogen-bond acceptors (Lipinski definition) is 3. The molecule has 1 aromatic heterocycles. The summed E-state index contributed by atoms with van der Waals surface area (Å²) in [6.07, 6.45) is 1.54. The van der Waals surface area contributed by atoms with E-state index in [-0.39, 0.29) is 23.8 Å². The first-order valence-electron chi connectivity index (χ1n) is 6.23. The second kappa shape index (κ2) is 6.49. The lowest BCUT2D eigenvalue weighted by Gasteiger charge is -2.10. The molecule has 1 N–H and O–H groups in total. The molecular weight excluding hydrogens is 336 g/mol. The average molecular weight is 349 g/mol. The smallest absolute Gasteiger partial charge is 0.251 e. The average Bonchev–Trinajstić information content (AvgIpc) is 2.43. The highest BCUT2D eigenvalue weighted by atomic mass is 79.9. The van der Waals surface area contributed by atoms with Crippen molar-refractivity contribution in [2.45, 2.75) is 13.5 Å². The van der Waals surface area contributed by atoms with Gasteiger partial charge < -0.3 is 9.88 Å². The summed E-state index contributed by atoms with van der Waals surface area (Å²) in [5, 5.41) is 2.65. The lowest BCUT2D eigenvalue weighted by Crippen LogP contribution is -2.27. The number of benzene rings is 1. The monoisotopic (exact) mass is 348 g/mol. The van der Waals surface area contributed by atoms with E-state index < -0.39 is 0 Å². The molecule has 0 saturated heterocycles. The third kappa shape index (κ3) is 3.88. The zero-order chi connectivity index (χ0) is 15.4. The van der Waals surface area contributed by atoms with Crippen LogP contribution in [0.2, 0.25) is 0 Å². The molecule has 0 aliphatic carbocycles. The van der Waals surface area contributed by atoms with Crippen molar-refractivity contribution in [2.75, 3.05) is 5.32 Å². The zero-order valence-corrected chi connectivity index (χ0v) is 12.9. The standard InChI is InChI=1S/C15H13BrN2O3/c1-10(19)12-4-2-3-5-13(12)17-14(20)9-18-8-11(16)6-7-15(18)21/h2-8H,9H2,1H3,(H,17,20). The Morgan fingerprint density at radius 3 is 2.62 bits per heavy atom. The molecule has 0 aliphatic rings. The van der Waals surface area contributed by atoms with Gasteiger partial charge in [0.25, 0.3) is 5.56 Å². The number of carbonyl (C=O) groups excluding carboxylic acids is 2. The van der Waals surface area contributed by atoms with Crippen molar-refractivity contribution in [2.24, 2.45) is 0 Å². The molecule has 1 aromatic carbocycles. The number of aromatic nitrogens is 1. The summed E-state index contributed by atoms with van der Waals surface area (Å²) in [7, 11) is 0. The molecule has 6 heteroatoms. The van der Waals surface area contributed by atoms with Crippen molar-refractivity contribution >= 4 is 33.3 Å². The van der Waals surface area contributed by atoms with Crippen LogP contribution >= 0.6 is 15.9 Å². The highest BCUT2D eigenvalue weighted by Crippen LogP contribution is 2.15. The van der Waals surface area contributed by atoms with Gasteiger partial charge in [-0.15, -0.1) is 0 Å². The molecule has 2 aromatic rings. The Morgan fingerprint density at radius 1 is 1.19 bits per heavy atom. The summed E-state index contributed by atoms with van der Waals surface area (Å²) in [6.45, 7) is 1.31. The Hall–Kier alpha value is -2.21. The predicted molar refractivity (Wildman–Crippen MR) is 83.5 cm³/mol. The van der Waals surface area contributed by atoms with Crippen LogP contribution in [0.5, 0.6) is 0 Å². The van der Waals surface area contributed by atoms with E-state index in [1.54, 1.807) is 36.5 Å². The van der Waals surface area contributed by atoms with Crippen LogP contribution in [0.3, 0.4) is 0 Å². The van der Waals surface area contributed by atoms with E-state index >= 15 is 0 Å². The topological polar surface area (TPSA) is 68.2 Å². The van der Waals surface area contributed by atoms with Gasteiger partial charge in [-0.05, 0) is 41.1 Å². The molecule has 1 heterocycles. The molecule has 1 amide bonds. The minimum absolute atomic E-state index is 0.121. The lowest BCUT2D eigenvalue weighted by atomic mass is 10.1. The number of Topliss-reactive ketones (excluding diaryl/α,β-unsaturated/α-hetero) is 1. The summed E-state index contributed by atoms with van der Waals surface area (Å²) in [5.74, 6) is -0.505. The number of halogens is 1. The number of nitrogens with one attached hydrogen (secondary N) is 1. The largest absolute Gasteiger partial charge is 0.324 e. The first kappa shape index (κ1) is 15.2. The number of pyridine rings is 1. The van der Waals surface area contributed by atoms with Gasteiger partial charge in [-0.2, -0.15) is 0 Å². The number of carbonyl (C=O) groups is 2. The fraction of sp³-hybridized carbons (Fsp3) is 0.133. The molecule has 0 radical (unpaired) electrons. The second-order valence-electron chi connectivity index (χ2n) is 4.46. The van der Waals surface area contributed by atoms with E-state index in [0.29, 0.717) is 15.7 Å². The van der Waals surface area contributed by atoms with Crippen LogP contribution in [0.15, 0.2) is 51.9 Å². The van der Waals surface area contributed by atoms with Crippen LogP contribution in [0.1, 0.15) is 17.3 Å². The van der Waals surface area contributed by atoms with Gasteiger partial charge in [0.1, 0.15) is 6.54 Å². The maximum absolute atomic E-state index is 12.0. The summed E-state index contributed by atoms with van der Waals surface area (Å²) < 4.78 is 1.99. The fourth-order valence-electron chi connectivity index (χ4n) is 1.87. The number of ketones is 1. The molecule has 5 nitrogen and oxygen atoms in total. The Bertz CT molecular complexity index is 753. The van der Waals surface area contributed by atoms with Crippen molar-refractivity contribution < 1.29 is 9.59 Å². The van der Waals surface area contributed by atoms with Crippen LogP contribution < -0.4 is 10.9 Å². The Morgan fingerprint density at radius 2 is 1.90 bits per heavy atom. The summed E-state index contributed by atoms with van der Waals surface area (Å²) >= 11 is 3.25. The highest BCUT2D eigenvalue weighted by Gasteiger charge is 2.10. The summed E-state index contributed by atoms with van der Waals surface area (Å²) in [5.41, 5.74) is 0.610. The molecule has 0 atom stereocenters. The van der Waals surface area contributed by atoms with Gasteiger partial charge in [0.05, 0.1) is 5.69 Å². The van der Waals surface area contributed by atoms with Crippen LogP contribution in [0.4, 0.5) is 5.69 Å². The van der Waals surface area contributed by atoms with Crippen molar-refractivity contribution in [3.05, 3.63) is 63.0 Å². The number of amides is 1. The van der Waals surface area contributed by atoms with Crippen LogP contribution in [-0.4, -0.2) is 16.3 Å². The van der Waals surface area contributed by atoms with Gasteiger partial charge >= 0.3 is 0 Å². The minimum Gasteiger partial charge on any atom is -0.324 e. The quantitative estimate of drug-likeness (QED) is 0.863. The minimum atomic E-state index is -0.371. The number of hydrogen-bond donors (Lipinski definition) is 1. The van der Waals surface area contributed by atoms with E-state index in [0.717, 1.165) is 0 Å².